The van der Waals surface area contributed by atoms with Crippen LogP contribution in [-0.2, 0) is 21.2 Å². The Morgan fingerprint density at radius 1 is 1.10 bits per heavy atom. The molecule has 3 N–H and O–H groups in total. The lowest BCUT2D eigenvalue weighted by Crippen LogP contribution is -2.51. The zero-order chi connectivity index (χ0) is 27.7. The molecule has 206 valence electrons. The van der Waals surface area contributed by atoms with E-state index in [9.17, 15) is 13.2 Å². The van der Waals surface area contributed by atoms with Crippen molar-refractivity contribution in [2.24, 2.45) is 5.92 Å². The topological polar surface area (TPSA) is 124 Å². The van der Waals surface area contributed by atoms with Gasteiger partial charge in [0.1, 0.15) is 11.9 Å². The minimum Gasteiger partial charge on any atom is -0.493 e. The summed E-state index contributed by atoms with van der Waals surface area (Å²) in [7, 11) is -0.963. The first-order valence-electron chi connectivity index (χ1n) is 12.8. The average molecular weight is 569 g/mol. The highest BCUT2D eigenvalue weighted by Gasteiger charge is 2.32. The van der Waals surface area contributed by atoms with Gasteiger partial charge in [-0.25, -0.2) is 13.4 Å². The molecule has 1 saturated heterocycles. The summed E-state index contributed by atoms with van der Waals surface area (Å²) in [6.07, 6.45) is 3.64. The van der Waals surface area contributed by atoms with Gasteiger partial charge in [0.05, 0.1) is 19.1 Å². The van der Waals surface area contributed by atoms with Gasteiger partial charge in [-0.3, -0.25) is 4.79 Å². The fraction of sp³-hybridized carbons (Fsp3) is 0.357. The van der Waals surface area contributed by atoms with E-state index >= 15 is 0 Å². The molecule has 3 heterocycles. The molecule has 39 heavy (non-hydrogen) atoms. The van der Waals surface area contributed by atoms with Crippen molar-refractivity contribution in [3.8, 4) is 11.5 Å². The number of benzene rings is 2. The van der Waals surface area contributed by atoms with Crippen LogP contribution in [0.4, 0.5) is 5.82 Å². The minimum absolute atomic E-state index is 0.0667. The van der Waals surface area contributed by atoms with E-state index in [1.807, 2.05) is 12.1 Å². The number of carbonyl (C=O) groups is 1. The van der Waals surface area contributed by atoms with Gasteiger partial charge in [0.15, 0.2) is 11.5 Å². The van der Waals surface area contributed by atoms with Crippen molar-refractivity contribution in [3.63, 3.8) is 0 Å². The second-order valence-corrected chi connectivity index (χ2v) is 12.8. The maximum absolute atomic E-state index is 13.7. The summed E-state index contributed by atoms with van der Waals surface area (Å²) in [4.78, 5) is 20.5. The Morgan fingerprint density at radius 3 is 2.46 bits per heavy atom. The van der Waals surface area contributed by atoms with Crippen LogP contribution in [0.25, 0.3) is 20.9 Å². The van der Waals surface area contributed by atoms with E-state index in [2.05, 4.69) is 16.6 Å². The lowest BCUT2D eigenvalue weighted by Gasteiger charge is -2.33. The second kappa shape index (κ2) is 11.0. The molecule has 0 spiro atoms. The van der Waals surface area contributed by atoms with Crippen LogP contribution >= 0.6 is 11.3 Å². The molecular weight excluding hydrogens is 536 g/mol. The van der Waals surface area contributed by atoms with Gasteiger partial charge >= 0.3 is 0 Å². The van der Waals surface area contributed by atoms with Crippen LogP contribution < -0.4 is 19.9 Å². The number of aromatic nitrogens is 1. The standard InChI is InChI=1S/C28H32N4O5S2/c1-17-7-10-32(11-8-17)28(33)23(16-20-15-22-26(38-20)6-9-30-27(22)29)31-39(34,35)21-5-4-18-13-24(36-2)25(37-3)14-19(18)12-21/h4-6,9,12-15,17,23,31H,7-8,10-11,16H2,1-3H3,(H2,29,30)/t23-/m0/s1. The largest absolute Gasteiger partial charge is 0.493 e. The number of nitrogen functional groups attached to an aromatic ring is 1. The quantitative estimate of drug-likeness (QED) is 0.327. The Balaban J connectivity index is 1.47. The van der Waals surface area contributed by atoms with Crippen LogP contribution in [0.5, 0.6) is 11.5 Å². The number of anilines is 1. The average Bonchev–Trinajstić information content (AvgIpc) is 3.35. The monoisotopic (exact) mass is 568 g/mol. The molecule has 1 aliphatic heterocycles. The molecule has 4 aromatic rings. The Morgan fingerprint density at radius 2 is 1.79 bits per heavy atom. The number of methoxy groups -OCH3 is 2. The number of likely N-dealkylation sites (tertiary alicyclic amines) is 1. The normalized spacial score (nSPS) is 15.5. The van der Waals surface area contributed by atoms with Gasteiger partial charge < -0.3 is 20.1 Å². The van der Waals surface area contributed by atoms with Gasteiger partial charge in [-0.15, -0.1) is 11.3 Å². The number of nitrogens with one attached hydrogen (secondary N) is 1. The van der Waals surface area contributed by atoms with Gasteiger partial charge in [-0.05, 0) is 65.9 Å². The number of hydrogen-bond acceptors (Lipinski definition) is 8. The molecule has 9 nitrogen and oxygen atoms in total. The highest BCUT2D eigenvalue weighted by atomic mass is 32.2. The van der Waals surface area contributed by atoms with E-state index in [-0.39, 0.29) is 17.2 Å². The summed E-state index contributed by atoms with van der Waals surface area (Å²) >= 11 is 1.48. The molecule has 1 aliphatic rings. The number of nitrogens with two attached hydrogens (primary N) is 1. The fourth-order valence-corrected chi connectivity index (χ4v) is 7.28. The smallest absolute Gasteiger partial charge is 0.241 e. The molecular formula is C28H32N4O5S2. The van der Waals surface area contributed by atoms with Gasteiger partial charge in [0.2, 0.25) is 15.9 Å². The number of hydrogen-bond donors (Lipinski definition) is 2. The number of sulfonamides is 1. The van der Waals surface area contributed by atoms with Crippen molar-refractivity contribution < 1.29 is 22.7 Å². The SMILES string of the molecule is COc1cc2ccc(S(=O)(=O)N[C@@H](Cc3cc4c(N)nccc4s3)C(=O)N3CCC(C)CC3)cc2cc1OC. The number of rotatable bonds is 8. The van der Waals surface area contributed by atoms with Crippen LogP contribution in [0.1, 0.15) is 24.6 Å². The van der Waals surface area contributed by atoms with E-state index in [4.69, 9.17) is 15.2 Å². The molecule has 0 bridgehead atoms. The molecule has 1 amide bonds. The van der Waals surface area contributed by atoms with Crippen LogP contribution in [-0.4, -0.2) is 57.6 Å². The summed E-state index contributed by atoms with van der Waals surface area (Å²) < 4.78 is 41.7. The molecule has 2 aromatic carbocycles. The number of thiophene rings is 1. The summed E-state index contributed by atoms with van der Waals surface area (Å²) in [6.45, 7) is 3.39. The lowest BCUT2D eigenvalue weighted by atomic mass is 9.98. The van der Waals surface area contributed by atoms with Gasteiger partial charge in [-0.1, -0.05) is 13.0 Å². The van der Waals surface area contributed by atoms with Crippen LogP contribution in [0, 0.1) is 5.92 Å². The number of nitrogens with zero attached hydrogens (tertiary/aromatic N) is 2. The third kappa shape index (κ3) is 5.66. The van der Waals surface area contributed by atoms with E-state index in [0.717, 1.165) is 33.2 Å². The molecule has 11 heteroatoms. The summed E-state index contributed by atoms with van der Waals surface area (Å²) in [6, 6.07) is 11.2. The number of pyridine rings is 1. The number of amides is 1. The zero-order valence-corrected chi connectivity index (χ0v) is 23.8. The van der Waals surface area contributed by atoms with Crippen LogP contribution in [0.3, 0.4) is 0 Å². The van der Waals surface area contributed by atoms with Crippen molar-refractivity contribution in [2.45, 2.75) is 37.1 Å². The van der Waals surface area contributed by atoms with Crippen molar-refractivity contribution >= 4 is 53.9 Å². The Bertz CT molecular complexity index is 1630. The third-order valence-corrected chi connectivity index (χ3v) is 9.84. The molecule has 0 radical (unpaired) electrons. The zero-order valence-electron chi connectivity index (χ0n) is 22.1. The first-order valence-corrected chi connectivity index (χ1v) is 15.1. The Hall–Kier alpha value is -3.41. The Labute approximate surface area is 232 Å². The highest BCUT2D eigenvalue weighted by molar-refractivity contribution is 7.89. The molecule has 0 saturated carbocycles. The Kier molecular flexibility index (Phi) is 7.66. The molecule has 2 aromatic heterocycles. The van der Waals surface area contributed by atoms with Crippen LogP contribution in [0.2, 0.25) is 0 Å². The molecule has 0 aliphatic carbocycles. The first kappa shape index (κ1) is 27.2. The molecule has 0 unspecified atom stereocenters. The second-order valence-electron chi connectivity index (χ2n) is 9.92. The van der Waals surface area contributed by atoms with Crippen molar-refractivity contribution in [1.29, 1.82) is 0 Å². The number of piperidine rings is 1. The molecule has 5 rings (SSSR count). The fourth-order valence-electron chi connectivity index (χ4n) is 4.94. The summed E-state index contributed by atoms with van der Waals surface area (Å²) in [5.41, 5.74) is 6.04. The predicted octanol–water partition coefficient (Wildman–Crippen LogP) is 4.20. The maximum Gasteiger partial charge on any atom is 0.241 e. The maximum atomic E-state index is 13.7. The highest BCUT2D eigenvalue weighted by Crippen LogP contribution is 2.34. The predicted molar refractivity (Wildman–Crippen MR) is 154 cm³/mol. The summed E-state index contributed by atoms with van der Waals surface area (Å²) in [5.74, 6) is 1.78. The van der Waals surface area contributed by atoms with Crippen molar-refractivity contribution in [2.75, 3.05) is 33.0 Å². The number of ether oxygens (including phenoxy) is 2. The van der Waals surface area contributed by atoms with E-state index in [1.54, 1.807) is 42.5 Å². The first-order chi connectivity index (χ1) is 18.7. The summed E-state index contributed by atoms with van der Waals surface area (Å²) in [5, 5.41) is 2.28. The van der Waals surface area contributed by atoms with Gasteiger partial charge in [0.25, 0.3) is 0 Å². The number of fused-ring (bicyclic) bond motifs is 2. The van der Waals surface area contributed by atoms with E-state index < -0.39 is 16.1 Å². The molecule has 1 atom stereocenters. The molecule has 1 fully saturated rings. The van der Waals surface area contributed by atoms with Gasteiger partial charge in [0, 0.05) is 40.7 Å². The number of carbonyl (C=O) groups excluding carboxylic acids is 1. The van der Waals surface area contributed by atoms with Crippen molar-refractivity contribution in [3.05, 3.63) is 53.5 Å². The minimum atomic E-state index is -4.04. The van der Waals surface area contributed by atoms with E-state index in [1.165, 1.54) is 24.5 Å². The van der Waals surface area contributed by atoms with Gasteiger partial charge in [-0.2, -0.15) is 4.72 Å². The van der Waals surface area contributed by atoms with E-state index in [0.29, 0.717) is 41.7 Å². The third-order valence-electron chi connectivity index (χ3n) is 7.25. The van der Waals surface area contributed by atoms with Crippen molar-refractivity contribution in [1.82, 2.24) is 14.6 Å². The lowest BCUT2D eigenvalue weighted by molar-refractivity contribution is -0.134. The van der Waals surface area contributed by atoms with Crippen LogP contribution in [0.15, 0.2) is 53.6 Å².